The van der Waals surface area contributed by atoms with E-state index in [9.17, 15) is 29.3 Å². The molecule has 0 bridgehead atoms. The standard InChI is InChI=1S/C26H23ClFNO7/c1-11-23(32)21-13(9-29-11)10-36-26(21)18-7-16(12(2)30)24(33)22(25(18)34)17(8-20(31)35-3)15-5-4-14(28)6-19(15)27/h4-7,9,17,26,32-34H,8,10H2,1-3H3/t17-,26+/m0/s1. The highest BCUT2D eigenvalue weighted by atomic mass is 35.5. The van der Waals surface area contributed by atoms with Gasteiger partial charge >= 0.3 is 5.97 Å². The molecule has 2 atom stereocenters. The number of methoxy groups -OCH3 is 1. The zero-order chi connectivity index (χ0) is 26.3. The lowest BCUT2D eigenvalue weighted by atomic mass is 9.83. The topological polar surface area (TPSA) is 126 Å². The molecule has 3 aromatic rings. The second kappa shape index (κ2) is 9.75. The molecule has 3 N–H and O–H groups in total. The highest BCUT2D eigenvalue weighted by Crippen LogP contribution is 2.51. The van der Waals surface area contributed by atoms with Crippen molar-refractivity contribution in [2.24, 2.45) is 0 Å². The molecule has 0 amide bonds. The van der Waals surface area contributed by atoms with E-state index >= 15 is 0 Å². The number of ketones is 1. The number of ether oxygens (including phenoxy) is 2. The monoisotopic (exact) mass is 515 g/mol. The van der Waals surface area contributed by atoms with Crippen LogP contribution in [0.3, 0.4) is 0 Å². The molecule has 0 unspecified atom stereocenters. The van der Waals surface area contributed by atoms with Crippen LogP contribution in [-0.2, 0) is 20.9 Å². The van der Waals surface area contributed by atoms with Crippen molar-refractivity contribution in [3.8, 4) is 17.2 Å². The number of pyridine rings is 1. The number of phenolic OH excluding ortho intramolecular Hbond substituents is 2. The molecule has 2 heterocycles. The molecule has 188 valence electrons. The van der Waals surface area contributed by atoms with Crippen LogP contribution in [0.5, 0.6) is 17.2 Å². The van der Waals surface area contributed by atoms with Gasteiger partial charge in [-0.05, 0) is 37.6 Å². The number of halogens is 2. The van der Waals surface area contributed by atoms with Gasteiger partial charge in [0.2, 0.25) is 0 Å². The van der Waals surface area contributed by atoms with E-state index in [1.54, 1.807) is 13.1 Å². The number of hydrogen-bond donors (Lipinski definition) is 3. The van der Waals surface area contributed by atoms with Crippen LogP contribution in [0.2, 0.25) is 5.02 Å². The van der Waals surface area contributed by atoms with Gasteiger partial charge in [-0.1, -0.05) is 17.7 Å². The fraction of sp³-hybridized carbons (Fsp3) is 0.269. The maximum atomic E-state index is 13.8. The summed E-state index contributed by atoms with van der Waals surface area (Å²) in [5, 5.41) is 33.2. The van der Waals surface area contributed by atoms with Gasteiger partial charge in [-0.25, -0.2) is 4.39 Å². The molecule has 1 aliphatic heterocycles. The number of fused-ring (bicyclic) bond motifs is 1. The molecule has 0 fully saturated rings. The first kappa shape index (κ1) is 25.4. The fourth-order valence-corrected chi connectivity index (χ4v) is 4.77. The predicted molar refractivity (Wildman–Crippen MR) is 127 cm³/mol. The summed E-state index contributed by atoms with van der Waals surface area (Å²) in [7, 11) is 1.17. The minimum absolute atomic E-state index is 0.0562. The van der Waals surface area contributed by atoms with Crippen molar-refractivity contribution in [1.29, 1.82) is 0 Å². The van der Waals surface area contributed by atoms with E-state index in [2.05, 4.69) is 4.98 Å². The van der Waals surface area contributed by atoms with Crippen molar-refractivity contribution in [1.82, 2.24) is 4.98 Å². The highest BCUT2D eigenvalue weighted by Gasteiger charge is 2.36. The second-order valence-corrected chi connectivity index (χ2v) is 8.91. The van der Waals surface area contributed by atoms with Crippen molar-refractivity contribution in [3.63, 3.8) is 0 Å². The van der Waals surface area contributed by atoms with Crippen molar-refractivity contribution in [2.45, 2.75) is 38.9 Å². The zero-order valence-electron chi connectivity index (χ0n) is 19.6. The lowest BCUT2D eigenvalue weighted by Gasteiger charge is -2.25. The van der Waals surface area contributed by atoms with Crippen LogP contribution in [0.1, 0.15) is 69.2 Å². The maximum absolute atomic E-state index is 13.8. The molecule has 8 nitrogen and oxygen atoms in total. The molecule has 36 heavy (non-hydrogen) atoms. The first-order chi connectivity index (χ1) is 17.0. The van der Waals surface area contributed by atoms with Crippen molar-refractivity contribution < 1.29 is 38.8 Å². The molecule has 0 saturated heterocycles. The van der Waals surface area contributed by atoms with Gasteiger partial charge in [-0.15, -0.1) is 0 Å². The van der Waals surface area contributed by atoms with Gasteiger partial charge in [0.25, 0.3) is 0 Å². The van der Waals surface area contributed by atoms with Gasteiger partial charge in [0.15, 0.2) is 5.78 Å². The van der Waals surface area contributed by atoms with E-state index in [0.29, 0.717) is 16.8 Å². The lowest BCUT2D eigenvalue weighted by molar-refractivity contribution is -0.140. The Morgan fingerprint density at radius 3 is 2.58 bits per heavy atom. The fourth-order valence-electron chi connectivity index (χ4n) is 4.47. The van der Waals surface area contributed by atoms with Gasteiger partial charge in [-0.2, -0.15) is 0 Å². The molecule has 0 radical (unpaired) electrons. The Bertz CT molecular complexity index is 1390. The number of aryl methyl sites for hydroxylation is 1. The first-order valence-electron chi connectivity index (χ1n) is 10.9. The maximum Gasteiger partial charge on any atom is 0.306 e. The number of esters is 1. The molecule has 2 aromatic carbocycles. The molecule has 1 aromatic heterocycles. The third-order valence-corrected chi connectivity index (χ3v) is 6.64. The molecule has 4 rings (SSSR count). The van der Waals surface area contributed by atoms with Crippen LogP contribution in [0, 0.1) is 12.7 Å². The summed E-state index contributed by atoms with van der Waals surface area (Å²) in [5.74, 6) is -4.12. The number of benzene rings is 2. The van der Waals surface area contributed by atoms with Gasteiger partial charge in [0.05, 0.1) is 31.4 Å². The van der Waals surface area contributed by atoms with Gasteiger partial charge in [-0.3, -0.25) is 14.6 Å². The molecule has 1 aliphatic rings. The molecule has 10 heteroatoms. The Labute approximate surface area is 210 Å². The Kier molecular flexibility index (Phi) is 6.88. The number of rotatable bonds is 6. The van der Waals surface area contributed by atoms with E-state index in [0.717, 1.165) is 12.1 Å². The van der Waals surface area contributed by atoms with Crippen LogP contribution in [0.15, 0.2) is 30.5 Å². The summed E-state index contributed by atoms with van der Waals surface area (Å²) in [6.45, 7) is 2.92. The van der Waals surface area contributed by atoms with E-state index in [-0.39, 0.29) is 46.1 Å². The van der Waals surface area contributed by atoms with Crippen LogP contribution in [0.4, 0.5) is 4.39 Å². The average Bonchev–Trinajstić information content (AvgIpc) is 3.25. The molecular weight excluding hydrogens is 493 g/mol. The van der Waals surface area contributed by atoms with Crippen molar-refractivity contribution >= 4 is 23.4 Å². The SMILES string of the molecule is COC(=O)C[C@@H](c1ccc(F)cc1Cl)c1c(O)c(C(C)=O)cc([C@H]2OCc3cnc(C)c(O)c32)c1O. The van der Waals surface area contributed by atoms with Crippen LogP contribution in [-0.4, -0.2) is 39.2 Å². The van der Waals surface area contributed by atoms with Crippen LogP contribution >= 0.6 is 11.6 Å². The first-order valence-corrected chi connectivity index (χ1v) is 11.3. The van der Waals surface area contributed by atoms with Crippen molar-refractivity contribution in [3.05, 3.63) is 80.4 Å². The van der Waals surface area contributed by atoms with Crippen molar-refractivity contribution in [2.75, 3.05) is 7.11 Å². The summed E-state index contributed by atoms with van der Waals surface area (Å²) >= 11 is 6.29. The number of phenols is 2. The summed E-state index contributed by atoms with van der Waals surface area (Å²) in [6.07, 6.45) is 0.161. The Balaban J connectivity index is 2.00. The Morgan fingerprint density at radius 1 is 1.22 bits per heavy atom. The van der Waals surface area contributed by atoms with Gasteiger partial charge in [0, 0.05) is 39.4 Å². The molecule has 0 spiro atoms. The number of carbonyl (C=O) groups excluding carboxylic acids is 2. The third-order valence-electron chi connectivity index (χ3n) is 6.31. The molecular formula is C26H23ClFNO7. The number of aromatic nitrogens is 1. The second-order valence-electron chi connectivity index (χ2n) is 8.50. The zero-order valence-corrected chi connectivity index (χ0v) is 20.4. The summed E-state index contributed by atoms with van der Waals surface area (Å²) in [6, 6.07) is 4.77. The number of carbonyl (C=O) groups is 2. The highest BCUT2D eigenvalue weighted by molar-refractivity contribution is 6.31. The number of Topliss-reactive ketones (excluding diaryl/α,β-unsaturated/α-hetero) is 1. The smallest absolute Gasteiger partial charge is 0.306 e. The normalized spacial score (nSPS) is 15.4. The quantitative estimate of drug-likeness (QED) is 0.315. The van der Waals surface area contributed by atoms with Gasteiger partial charge < -0.3 is 24.8 Å². The lowest BCUT2D eigenvalue weighted by Crippen LogP contribution is -2.14. The summed E-state index contributed by atoms with van der Waals surface area (Å²) < 4.78 is 24.4. The summed E-state index contributed by atoms with van der Waals surface area (Å²) in [4.78, 5) is 29.0. The number of aromatic hydroxyl groups is 3. The van der Waals surface area contributed by atoms with E-state index < -0.39 is 41.1 Å². The third kappa shape index (κ3) is 4.36. The Hall–Kier alpha value is -3.69. The number of nitrogens with zero attached hydrogens (tertiary/aromatic N) is 1. The predicted octanol–water partition coefficient (Wildman–Crippen LogP) is 4.82. The molecule has 0 aliphatic carbocycles. The average molecular weight is 516 g/mol. The van der Waals surface area contributed by atoms with Gasteiger partial charge in [0.1, 0.15) is 29.2 Å². The van der Waals surface area contributed by atoms with E-state index in [1.165, 1.54) is 26.2 Å². The largest absolute Gasteiger partial charge is 0.507 e. The summed E-state index contributed by atoms with van der Waals surface area (Å²) in [5.41, 5.74) is 1.28. The minimum Gasteiger partial charge on any atom is -0.507 e. The van der Waals surface area contributed by atoms with E-state index in [4.69, 9.17) is 21.1 Å². The van der Waals surface area contributed by atoms with Crippen LogP contribution in [0.25, 0.3) is 0 Å². The Morgan fingerprint density at radius 2 is 1.94 bits per heavy atom. The van der Waals surface area contributed by atoms with E-state index in [1.807, 2.05) is 0 Å². The molecule has 0 saturated carbocycles. The van der Waals surface area contributed by atoms with Crippen LogP contribution < -0.4 is 0 Å². The minimum atomic E-state index is -1.11. The number of hydrogen-bond acceptors (Lipinski definition) is 8.